The molecule has 0 saturated carbocycles. The van der Waals surface area contributed by atoms with Gasteiger partial charge in [-0.1, -0.05) is 134 Å². The quantitative estimate of drug-likeness (QED) is 0.0558. The fourth-order valence-corrected chi connectivity index (χ4v) is 4.45. The molecule has 0 aromatic rings. The second kappa shape index (κ2) is 31.6. The Morgan fingerprint density at radius 3 is 1.62 bits per heavy atom. The van der Waals surface area contributed by atoms with Crippen molar-refractivity contribution >= 4 is 11.9 Å². The molecule has 0 aliphatic rings. The van der Waals surface area contributed by atoms with Gasteiger partial charge in [0.2, 0.25) is 0 Å². The molecule has 0 aromatic carbocycles. The predicted octanol–water partition coefficient (Wildman–Crippen LogP) is 9.72. The Labute approximate surface area is 246 Å². The molecular formula is C35H62O5. The van der Waals surface area contributed by atoms with Crippen LogP contribution in [-0.2, 0) is 19.1 Å². The summed E-state index contributed by atoms with van der Waals surface area (Å²) in [4.78, 5) is 24.1. The van der Waals surface area contributed by atoms with Crippen LogP contribution in [0.3, 0.4) is 0 Å². The van der Waals surface area contributed by atoms with Crippen LogP contribution >= 0.6 is 0 Å². The zero-order chi connectivity index (χ0) is 29.4. The maximum Gasteiger partial charge on any atom is 0.306 e. The van der Waals surface area contributed by atoms with Crippen LogP contribution in [0.1, 0.15) is 155 Å². The first kappa shape index (κ1) is 38.1. The Morgan fingerprint density at radius 1 is 0.600 bits per heavy atom. The number of allylic oxidation sites excluding steroid dienone is 6. The summed E-state index contributed by atoms with van der Waals surface area (Å²) in [6, 6.07) is 0. The number of rotatable bonds is 29. The number of carbonyl (C=O) groups is 2. The summed E-state index contributed by atoms with van der Waals surface area (Å²) in [5, 5.41) is 9.49. The van der Waals surface area contributed by atoms with Gasteiger partial charge in [0.1, 0.15) is 6.61 Å². The Hall–Kier alpha value is -1.88. The summed E-state index contributed by atoms with van der Waals surface area (Å²) in [6.07, 6.45) is 36.2. The van der Waals surface area contributed by atoms with E-state index in [-0.39, 0.29) is 25.2 Å². The Morgan fingerprint density at radius 2 is 1.07 bits per heavy atom. The van der Waals surface area contributed by atoms with Crippen LogP contribution in [0.15, 0.2) is 36.5 Å². The van der Waals surface area contributed by atoms with Crippen LogP contribution in [0, 0.1) is 0 Å². The number of unbranched alkanes of at least 4 members (excludes halogenated alkanes) is 15. The molecule has 0 aliphatic carbocycles. The highest BCUT2D eigenvalue weighted by Crippen LogP contribution is 2.13. The molecule has 0 aliphatic heterocycles. The van der Waals surface area contributed by atoms with Crippen LogP contribution in [0.5, 0.6) is 0 Å². The van der Waals surface area contributed by atoms with Gasteiger partial charge < -0.3 is 14.6 Å². The summed E-state index contributed by atoms with van der Waals surface area (Å²) in [5.74, 6) is -0.613. The number of carbonyl (C=O) groups excluding carboxylic acids is 2. The van der Waals surface area contributed by atoms with Crippen LogP contribution in [0.25, 0.3) is 0 Å². The lowest BCUT2D eigenvalue weighted by molar-refractivity contribution is -0.161. The van der Waals surface area contributed by atoms with Gasteiger partial charge in [-0.2, -0.15) is 0 Å². The van der Waals surface area contributed by atoms with Crippen molar-refractivity contribution in [2.75, 3.05) is 13.2 Å². The van der Waals surface area contributed by atoms with E-state index in [4.69, 9.17) is 9.47 Å². The largest absolute Gasteiger partial charge is 0.462 e. The molecule has 0 saturated heterocycles. The van der Waals surface area contributed by atoms with E-state index in [1.807, 2.05) is 0 Å². The average molecular weight is 563 g/mol. The van der Waals surface area contributed by atoms with Gasteiger partial charge in [-0.15, -0.1) is 0 Å². The molecule has 0 bridgehead atoms. The van der Waals surface area contributed by atoms with Gasteiger partial charge in [-0.3, -0.25) is 9.59 Å². The SMILES string of the molecule is CCC=CCC=CCC=CCCCCCCCC(=O)O[C@@H](CO)COC(=O)CCCCCCCCCCCCC. The zero-order valence-corrected chi connectivity index (χ0v) is 26.1. The summed E-state index contributed by atoms with van der Waals surface area (Å²) in [5.41, 5.74) is 0. The second-order valence-electron chi connectivity index (χ2n) is 10.9. The topological polar surface area (TPSA) is 72.8 Å². The van der Waals surface area contributed by atoms with Crippen LogP contribution in [-0.4, -0.2) is 36.4 Å². The Bertz CT molecular complexity index is 652. The van der Waals surface area contributed by atoms with E-state index < -0.39 is 6.10 Å². The molecule has 0 fully saturated rings. The molecule has 0 aromatic heterocycles. The van der Waals surface area contributed by atoms with Crippen molar-refractivity contribution in [1.82, 2.24) is 0 Å². The molecule has 0 heterocycles. The van der Waals surface area contributed by atoms with E-state index in [2.05, 4.69) is 50.3 Å². The molecule has 232 valence electrons. The van der Waals surface area contributed by atoms with Crippen molar-refractivity contribution in [2.45, 2.75) is 161 Å². The van der Waals surface area contributed by atoms with Gasteiger partial charge in [-0.25, -0.2) is 0 Å². The molecular weight excluding hydrogens is 500 g/mol. The highest BCUT2D eigenvalue weighted by molar-refractivity contribution is 5.70. The summed E-state index contributed by atoms with van der Waals surface area (Å²) in [6.45, 7) is 3.98. The van der Waals surface area contributed by atoms with Crippen LogP contribution in [0.2, 0.25) is 0 Å². The average Bonchev–Trinajstić information content (AvgIpc) is 2.96. The molecule has 0 spiro atoms. The first-order chi connectivity index (χ1) is 19.6. The van der Waals surface area contributed by atoms with Gasteiger partial charge in [0.25, 0.3) is 0 Å². The van der Waals surface area contributed by atoms with Crippen molar-refractivity contribution in [3.8, 4) is 0 Å². The third-order valence-electron chi connectivity index (χ3n) is 6.95. The zero-order valence-electron chi connectivity index (χ0n) is 26.1. The Balaban J connectivity index is 3.62. The molecule has 40 heavy (non-hydrogen) atoms. The Kier molecular flexibility index (Phi) is 30.2. The van der Waals surface area contributed by atoms with E-state index in [1.165, 1.54) is 57.8 Å². The lowest BCUT2D eigenvalue weighted by Crippen LogP contribution is -2.28. The smallest absolute Gasteiger partial charge is 0.306 e. The highest BCUT2D eigenvalue weighted by Gasteiger charge is 2.16. The normalized spacial score (nSPS) is 12.6. The maximum absolute atomic E-state index is 12.1. The minimum Gasteiger partial charge on any atom is -0.462 e. The predicted molar refractivity (Wildman–Crippen MR) is 168 cm³/mol. The number of ether oxygens (including phenoxy) is 2. The van der Waals surface area contributed by atoms with E-state index in [9.17, 15) is 14.7 Å². The van der Waals surface area contributed by atoms with Gasteiger partial charge in [0, 0.05) is 12.8 Å². The molecule has 5 nitrogen and oxygen atoms in total. The first-order valence-electron chi connectivity index (χ1n) is 16.5. The summed E-state index contributed by atoms with van der Waals surface area (Å²) in [7, 11) is 0. The minimum absolute atomic E-state index is 0.0711. The van der Waals surface area contributed by atoms with E-state index in [0.29, 0.717) is 12.8 Å². The van der Waals surface area contributed by atoms with E-state index in [0.717, 1.165) is 70.6 Å². The molecule has 0 unspecified atom stereocenters. The van der Waals surface area contributed by atoms with Gasteiger partial charge in [0.05, 0.1) is 6.61 Å². The third-order valence-corrected chi connectivity index (χ3v) is 6.95. The third kappa shape index (κ3) is 29.1. The van der Waals surface area contributed by atoms with Crippen molar-refractivity contribution in [1.29, 1.82) is 0 Å². The fourth-order valence-electron chi connectivity index (χ4n) is 4.45. The maximum atomic E-state index is 12.1. The van der Waals surface area contributed by atoms with Crippen molar-refractivity contribution in [3.05, 3.63) is 36.5 Å². The van der Waals surface area contributed by atoms with Gasteiger partial charge in [0.15, 0.2) is 6.10 Å². The number of hydrogen-bond donors (Lipinski definition) is 1. The first-order valence-corrected chi connectivity index (χ1v) is 16.5. The molecule has 0 radical (unpaired) electrons. The van der Waals surface area contributed by atoms with E-state index >= 15 is 0 Å². The second-order valence-corrected chi connectivity index (χ2v) is 10.9. The molecule has 0 amide bonds. The molecule has 1 N–H and O–H groups in total. The molecule has 5 heteroatoms. The van der Waals surface area contributed by atoms with Crippen molar-refractivity contribution in [2.24, 2.45) is 0 Å². The molecule has 0 rings (SSSR count). The number of aliphatic hydroxyl groups excluding tert-OH is 1. The number of aliphatic hydroxyl groups is 1. The monoisotopic (exact) mass is 562 g/mol. The summed E-state index contributed by atoms with van der Waals surface area (Å²) < 4.78 is 10.5. The van der Waals surface area contributed by atoms with Crippen molar-refractivity contribution < 1.29 is 24.2 Å². The summed E-state index contributed by atoms with van der Waals surface area (Å²) >= 11 is 0. The fraction of sp³-hybridized carbons (Fsp3) is 0.771. The minimum atomic E-state index is -0.775. The standard InChI is InChI=1S/C35H62O5/c1-3-5-7-9-11-13-15-16-17-18-20-22-24-26-28-30-35(38)40-33(31-36)32-39-34(37)29-27-25-23-21-19-14-12-10-8-6-4-2/h5,7,11,13,16-17,33,36H,3-4,6,8-10,12,14-15,18-32H2,1-2H3/t33-/m0/s1. The lowest BCUT2D eigenvalue weighted by atomic mass is 10.1. The van der Waals surface area contributed by atoms with E-state index in [1.54, 1.807) is 0 Å². The van der Waals surface area contributed by atoms with Crippen LogP contribution in [0.4, 0.5) is 0 Å². The number of hydrogen-bond acceptors (Lipinski definition) is 5. The van der Waals surface area contributed by atoms with Gasteiger partial charge >= 0.3 is 11.9 Å². The van der Waals surface area contributed by atoms with Crippen molar-refractivity contribution in [3.63, 3.8) is 0 Å². The van der Waals surface area contributed by atoms with Gasteiger partial charge in [-0.05, 0) is 44.9 Å². The lowest BCUT2D eigenvalue weighted by Gasteiger charge is -2.15. The number of esters is 2. The van der Waals surface area contributed by atoms with Crippen LogP contribution < -0.4 is 0 Å². The molecule has 1 atom stereocenters. The highest BCUT2D eigenvalue weighted by atomic mass is 16.6.